The Labute approximate surface area is 398 Å². The minimum absolute atomic E-state index is 0.473. The van der Waals surface area contributed by atoms with Crippen LogP contribution < -0.4 is 0 Å². The van der Waals surface area contributed by atoms with E-state index in [1.807, 2.05) is 18.2 Å². The normalized spacial score (nSPS) is 13.0. The van der Waals surface area contributed by atoms with Crippen LogP contribution in [0.2, 0.25) is 0 Å². The first kappa shape index (κ1) is 38.0. The number of furan rings is 1. The van der Waals surface area contributed by atoms with Crippen LogP contribution in [0.5, 0.6) is 0 Å². The van der Waals surface area contributed by atoms with Gasteiger partial charge in [0.15, 0.2) is 5.82 Å². The van der Waals surface area contributed by atoms with Gasteiger partial charge in [-0.25, -0.2) is 9.97 Å². The van der Waals surface area contributed by atoms with Crippen molar-refractivity contribution in [2.45, 2.75) is 5.41 Å². The predicted octanol–water partition coefficient (Wildman–Crippen LogP) is 16.5. The second-order valence-corrected chi connectivity index (χ2v) is 18.4. The molecule has 0 atom stereocenters. The zero-order chi connectivity index (χ0) is 45.2. The lowest BCUT2D eigenvalue weighted by Gasteiger charge is -2.39. The van der Waals surface area contributed by atoms with E-state index in [0.29, 0.717) is 5.82 Å². The third-order valence-corrected chi connectivity index (χ3v) is 14.9. The highest BCUT2D eigenvalue weighted by atomic mass is 16.3. The van der Waals surface area contributed by atoms with Gasteiger partial charge in [0.05, 0.1) is 33.5 Å². The Bertz CT molecular complexity index is 4190. The fourth-order valence-electron chi connectivity index (χ4n) is 11.8. The fraction of sp³-hybridized carbons (Fsp3) is 0.0154. The second-order valence-electron chi connectivity index (χ2n) is 18.4. The van der Waals surface area contributed by atoms with Gasteiger partial charge < -0.3 is 8.98 Å². The van der Waals surface area contributed by atoms with E-state index in [9.17, 15) is 0 Å². The van der Waals surface area contributed by atoms with Gasteiger partial charge in [0.1, 0.15) is 11.2 Å². The number of hydrogen-bond donors (Lipinski definition) is 0. The molecule has 1 spiro atoms. The second kappa shape index (κ2) is 14.4. The van der Waals surface area contributed by atoms with Crippen molar-refractivity contribution in [1.82, 2.24) is 14.5 Å². The van der Waals surface area contributed by atoms with E-state index in [1.165, 1.54) is 60.9 Å². The molecule has 1 aliphatic heterocycles. The summed E-state index contributed by atoms with van der Waals surface area (Å²) >= 11 is 0. The zero-order valence-corrected chi connectivity index (χ0v) is 37.3. The van der Waals surface area contributed by atoms with Gasteiger partial charge in [-0.2, -0.15) is 0 Å². The number of fused-ring (bicyclic) bond motifs is 15. The number of aromatic nitrogens is 3. The van der Waals surface area contributed by atoms with E-state index in [4.69, 9.17) is 14.4 Å². The molecule has 3 aromatic heterocycles. The van der Waals surface area contributed by atoms with Gasteiger partial charge in [-0.05, 0) is 74.3 Å². The van der Waals surface area contributed by atoms with Crippen LogP contribution in [0.4, 0.5) is 0 Å². The van der Waals surface area contributed by atoms with Crippen LogP contribution in [0.1, 0.15) is 22.3 Å². The van der Waals surface area contributed by atoms with Gasteiger partial charge in [-0.3, -0.25) is 0 Å². The van der Waals surface area contributed by atoms with E-state index in [1.54, 1.807) is 0 Å². The van der Waals surface area contributed by atoms with E-state index in [2.05, 4.69) is 223 Å². The van der Waals surface area contributed by atoms with Crippen molar-refractivity contribution >= 4 is 43.7 Å². The molecule has 0 saturated carbocycles. The smallest absolute Gasteiger partial charge is 0.160 e. The van der Waals surface area contributed by atoms with Crippen molar-refractivity contribution in [2.75, 3.05) is 0 Å². The molecule has 0 fully saturated rings. The molecule has 0 bridgehead atoms. The van der Waals surface area contributed by atoms with Gasteiger partial charge in [0, 0.05) is 43.8 Å². The summed E-state index contributed by atoms with van der Waals surface area (Å²) in [5, 5.41) is 4.78. The van der Waals surface area contributed by atoms with Crippen molar-refractivity contribution in [3.63, 3.8) is 0 Å². The van der Waals surface area contributed by atoms with Crippen molar-refractivity contribution in [3.05, 3.63) is 259 Å². The third-order valence-electron chi connectivity index (χ3n) is 14.9. The molecule has 0 amide bonds. The Morgan fingerprint density at radius 1 is 0.348 bits per heavy atom. The maximum atomic E-state index is 6.40. The summed E-state index contributed by atoms with van der Waals surface area (Å²) in [5.41, 5.74) is 22.1. The Morgan fingerprint density at radius 3 is 1.68 bits per heavy atom. The highest BCUT2D eigenvalue weighted by molar-refractivity contribution is 6.13. The molecule has 4 heteroatoms. The number of hydrogen-bond acceptors (Lipinski definition) is 3. The molecule has 0 unspecified atom stereocenters. The Hall–Kier alpha value is -9.12. The van der Waals surface area contributed by atoms with Gasteiger partial charge in [-0.1, -0.05) is 212 Å². The highest BCUT2D eigenvalue weighted by Crippen LogP contribution is 2.61. The first-order valence-corrected chi connectivity index (χ1v) is 23.6. The lowest BCUT2D eigenvalue weighted by atomic mass is 9.65. The molecule has 1 aliphatic carbocycles. The van der Waals surface area contributed by atoms with Crippen LogP contribution in [0.25, 0.3) is 117 Å². The van der Waals surface area contributed by atoms with Crippen LogP contribution in [-0.2, 0) is 5.41 Å². The fourth-order valence-corrected chi connectivity index (χ4v) is 11.8. The first-order chi connectivity index (χ1) is 34.2. The Kier molecular flexibility index (Phi) is 7.96. The van der Waals surface area contributed by atoms with Crippen molar-refractivity contribution < 1.29 is 4.42 Å². The summed E-state index contributed by atoms with van der Waals surface area (Å²) in [4.78, 5) is 10.4. The first-order valence-electron chi connectivity index (χ1n) is 23.6. The third kappa shape index (κ3) is 5.40. The molecule has 10 aromatic carbocycles. The lowest BCUT2D eigenvalue weighted by molar-refractivity contribution is 0.670. The van der Waals surface area contributed by atoms with E-state index < -0.39 is 5.41 Å². The topological polar surface area (TPSA) is 43.9 Å². The summed E-state index contributed by atoms with van der Waals surface area (Å²) in [5.74, 6) is 0.674. The lowest BCUT2D eigenvalue weighted by Crippen LogP contribution is -2.33. The molecular formula is C65H39N3O. The molecule has 320 valence electrons. The highest BCUT2D eigenvalue weighted by Gasteiger charge is 2.50. The largest absolute Gasteiger partial charge is 0.455 e. The molecule has 13 aromatic rings. The molecule has 4 nitrogen and oxygen atoms in total. The maximum Gasteiger partial charge on any atom is 0.160 e. The van der Waals surface area contributed by atoms with Crippen LogP contribution in [0, 0.1) is 0 Å². The SMILES string of the molecule is c1ccc(-c2cc(-c3ccc(-c4ccc5c(c4)-n4c6ccccc6c6cccc(c64)C54c5ccccc5-c5ccccc54)cc3)nc(-c3ccc(-c4cccc5c4oc4ccccc45)cc3)n2)cc1. The molecular weight excluding hydrogens is 839 g/mol. The summed E-state index contributed by atoms with van der Waals surface area (Å²) in [6.07, 6.45) is 0. The molecule has 0 saturated heterocycles. The monoisotopic (exact) mass is 877 g/mol. The molecule has 0 radical (unpaired) electrons. The molecule has 4 heterocycles. The van der Waals surface area contributed by atoms with E-state index in [-0.39, 0.29) is 0 Å². The predicted molar refractivity (Wildman–Crippen MR) is 282 cm³/mol. The zero-order valence-electron chi connectivity index (χ0n) is 37.3. The van der Waals surface area contributed by atoms with Gasteiger partial charge >= 0.3 is 0 Å². The number of rotatable bonds is 5. The molecule has 0 N–H and O–H groups in total. The van der Waals surface area contributed by atoms with Crippen LogP contribution in [-0.4, -0.2) is 14.5 Å². The van der Waals surface area contributed by atoms with Crippen LogP contribution in [0.15, 0.2) is 241 Å². The summed E-state index contributed by atoms with van der Waals surface area (Å²) in [7, 11) is 0. The van der Waals surface area contributed by atoms with Gasteiger partial charge in [0.2, 0.25) is 0 Å². The number of para-hydroxylation sites is 4. The summed E-state index contributed by atoms with van der Waals surface area (Å²) < 4.78 is 8.93. The maximum absolute atomic E-state index is 6.40. The van der Waals surface area contributed by atoms with E-state index >= 15 is 0 Å². The van der Waals surface area contributed by atoms with Crippen LogP contribution >= 0.6 is 0 Å². The number of nitrogens with zero attached hydrogens (tertiary/aromatic N) is 3. The Balaban J connectivity index is 0.850. The van der Waals surface area contributed by atoms with Crippen molar-refractivity contribution in [2.24, 2.45) is 0 Å². The standard InChI is InChI=1S/C65H39N3O/c1-2-14-42(15-3-1)57-39-58(67-64(66-57)44-34-30-41(31-35-44)46-20-12-22-52-50-19-7-11-27-61(50)69-63(46)52)43-32-28-40(29-33-43)45-36-37-55-60(38-45)68-59-26-10-6-18-49(59)51-21-13-25-56(62(51)68)65(55)53-23-8-4-16-47(53)48-17-5-9-24-54(48)65/h1-39H. The van der Waals surface area contributed by atoms with E-state index in [0.717, 1.165) is 72.3 Å². The van der Waals surface area contributed by atoms with Gasteiger partial charge in [0.25, 0.3) is 0 Å². The summed E-state index contributed by atoms with van der Waals surface area (Å²) in [6, 6.07) is 85.5. The molecule has 69 heavy (non-hydrogen) atoms. The Morgan fingerprint density at radius 2 is 0.899 bits per heavy atom. The van der Waals surface area contributed by atoms with Gasteiger partial charge in [-0.15, -0.1) is 0 Å². The molecule has 15 rings (SSSR count). The number of benzene rings is 10. The minimum atomic E-state index is -0.473. The van der Waals surface area contributed by atoms with Crippen LogP contribution in [0.3, 0.4) is 0 Å². The average Bonchev–Trinajstić information content (AvgIpc) is 4.08. The minimum Gasteiger partial charge on any atom is -0.455 e. The van der Waals surface area contributed by atoms with Crippen molar-refractivity contribution in [1.29, 1.82) is 0 Å². The van der Waals surface area contributed by atoms with Crippen molar-refractivity contribution in [3.8, 4) is 73.0 Å². The summed E-state index contributed by atoms with van der Waals surface area (Å²) in [6.45, 7) is 0. The molecule has 2 aliphatic rings. The average molecular weight is 878 g/mol. The quantitative estimate of drug-likeness (QED) is 0.173.